The molecule has 1 aliphatic heterocycles. The van der Waals surface area contributed by atoms with Crippen molar-refractivity contribution in [2.75, 3.05) is 19.6 Å². The van der Waals surface area contributed by atoms with Gasteiger partial charge in [-0.2, -0.15) is 5.10 Å². The van der Waals surface area contributed by atoms with Gasteiger partial charge in [0.15, 0.2) is 0 Å². The average molecular weight is 353 g/mol. The minimum Gasteiger partial charge on any atom is -0.314 e. The summed E-state index contributed by atoms with van der Waals surface area (Å²) in [6, 6.07) is 7.06. The number of hydrogen-bond donors (Lipinski definition) is 1. The third-order valence-corrected chi connectivity index (χ3v) is 4.61. The molecular weight excluding hydrogens is 335 g/mol. The first-order valence-corrected chi connectivity index (χ1v) is 7.81. The molecule has 0 aliphatic carbocycles. The van der Waals surface area contributed by atoms with E-state index in [1.165, 1.54) is 6.07 Å². The van der Waals surface area contributed by atoms with Crippen LogP contribution in [0.15, 0.2) is 34.9 Å². The summed E-state index contributed by atoms with van der Waals surface area (Å²) < 4.78 is 16.4. The minimum atomic E-state index is -0.181. The molecule has 0 amide bonds. The van der Waals surface area contributed by atoms with Gasteiger partial charge in [0.05, 0.1) is 16.4 Å². The molecular formula is C15H18BrFN4. The minimum absolute atomic E-state index is 0.177. The number of nitrogens with one attached hydrogen (secondary N) is 1. The van der Waals surface area contributed by atoms with Crippen LogP contribution in [0.3, 0.4) is 0 Å². The molecule has 2 aromatic rings. The van der Waals surface area contributed by atoms with Crippen LogP contribution >= 0.6 is 15.9 Å². The van der Waals surface area contributed by atoms with E-state index < -0.39 is 0 Å². The Morgan fingerprint density at radius 2 is 2.33 bits per heavy atom. The normalized spacial score (nSPS) is 19.9. The van der Waals surface area contributed by atoms with Crippen LogP contribution in [0.25, 0.3) is 0 Å². The fraction of sp³-hybridized carbons (Fsp3) is 0.400. The van der Waals surface area contributed by atoms with E-state index in [1.807, 2.05) is 24.0 Å². The van der Waals surface area contributed by atoms with Gasteiger partial charge in [-0.15, -0.1) is 0 Å². The molecule has 1 aliphatic rings. The lowest BCUT2D eigenvalue weighted by Gasteiger charge is -2.36. The number of aromatic nitrogens is 2. The van der Waals surface area contributed by atoms with Crippen LogP contribution in [0.4, 0.5) is 4.39 Å². The third-order valence-electron chi connectivity index (χ3n) is 3.95. The van der Waals surface area contributed by atoms with Crippen molar-refractivity contribution in [3.05, 3.63) is 52.0 Å². The SMILES string of the molecule is Cn1ncc(Br)c1CN1CCNCC1c1cccc(F)c1. The highest BCUT2D eigenvalue weighted by atomic mass is 79.9. The van der Waals surface area contributed by atoms with Crippen LogP contribution in [0.2, 0.25) is 0 Å². The zero-order valence-corrected chi connectivity index (χ0v) is 13.5. The Balaban J connectivity index is 1.85. The summed E-state index contributed by atoms with van der Waals surface area (Å²) in [5, 5.41) is 7.65. The molecule has 1 saturated heterocycles. The third kappa shape index (κ3) is 3.17. The average Bonchev–Trinajstić information content (AvgIpc) is 2.80. The van der Waals surface area contributed by atoms with Crippen molar-refractivity contribution in [2.45, 2.75) is 12.6 Å². The summed E-state index contributed by atoms with van der Waals surface area (Å²) in [5.41, 5.74) is 2.15. The van der Waals surface area contributed by atoms with Crippen LogP contribution in [0, 0.1) is 5.82 Å². The maximum absolute atomic E-state index is 13.5. The van der Waals surface area contributed by atoms with Gasteiger partial charge < -0.3 is 5.32 Å². The lowest BCUT2D eigenvalue weighted by Crippen LogP contribution is -2.45. The van der Waals surface area contributed by atoms with E-state index >= 15 is 0 Å². The molecule has 6 heteroatoms. The molecule has 0 bridgehead atoms. The van der Waals surface area contributed by atoms with Gasteiger partial charge in [0.2, 0.25) is 0 Å². The number of piperazine rings is 1. The number of hydrogen-bond acceptors (Lipinski definition) is 3. The standard InChI is InChI=1S/C15H18BrFN4/c1-20-15(13(16)8-19-20)10-21-6-5-18-9-14(21)11-3-2-4-12(17)7-11/h2-4,7-8,14,18H,5-6,9-10H2,1H3. The van der Waals surface area contributed by atoms with Gasteiger partial charge in [0.1, 0.15) is 5.82 Å². The van der Waals surface area contributed by atoms with Gasteiger partial charge in [-0.1, -0.05) is 12.1 Å². The van der Waals surface area contributed by atoms with E-state index in [0.717, 1.165) is 41.9 Å². The van der Waals surface area contributed by atoms with Crippen molar-refractivity contribution in [2.24, 2.45) is 7.05 Å². The Bertz CT molecular complexity index is 608. The van der Waals surface area contributed by atoms with Gasteiger partial charge in [0.25, 0.3) is 0 Å². The molecule has 4 nitrogen and oxygen atoms in total. The first-order valence-electron chi connectivity index (χ1n) is 7.02. The predicted octanol–water partition coefficient (Wildman–Crippen LogP) is 2.47. The fourth-order valence-electron chi connectivity index (χ4n) is 2.78. The first kappa shape index (κ1) is 14.7. The van der Waals surface area contributed by atoms with E-state index in [1.54, 1.807) is 12.1 Å². The van der Waals surface area contributed by atoms with Crippen molar-refractivity contribution < 1.29 is 4.39 Å². The summed E-state index contributed by atoms with van der Waals surface area (Å²) in [6.45, 7) is 3.50. The number of nitrogens with zero attached hydrogens (tertiary/aromatic N) is 3. The monoisotopic (exact) mass is 352 g/mol. The van der Waals surface area contributed by atoms with E-state index in [9.17, 15) is 4.39 Å². The molecule has 3 rings (SSSR count). The lowest BCUT2D eigenvalue weighted by atomic mass is 10.0. The maximum atomic E-state index is 13.5. The molecule has 1 aromatic carbocycles. The highest BCUT2D eigenvalue weighted by Crippen LogP contribution is 2.26. The molecule has 21 heavy (non-hydrogen) atoms. The molecule has 0 spiro atoms. The van der Waals surface area contributed by atoms with Gasteiger partial charge in [-0.05, 0) is 33.6 Å². The molecule has 0 saturated carbocycles. The molecule has 2 heterocycles. The molecule has 1 fully saturated rings. The number of benzene rings is 1. The van der Waals surface area contributed by atoms with Crippen LogP contribution < -0.4 is 5.32 Å². The molecule has 1 unspecified atom stereocenters. The number of halogens is 2. The van der Waals surface area contributed by atoms with Crippen molar-refractivity contribution >= 4 is 15.9 Å². The Hall–Kier alpha value is -1.24. The zero-order chi connectivity index (χ0) is 14.8. The van der Waals surface area contributed by atoms with Crippen molar-refractivity contribution in [3.8, 4) is 0 Å². The van der Waals surface area contributed by atoms with Crippen molar-refractivity contribution in [3.63, 3.8) is 0 Å². The second-order valence-corrected chi connectivity index (χ2v) is 6.16. The quantitative estimate of drug-likeness (QED) is 0.920. The van der Waals surface area contributed by atoms with E-state index in [-0.39, 0.29) is 11.9 Å². The van der Waals surface area contributed by atoms with Gasteiger partial charge in [0, 0.05) is 39.3 Å². The molecule has 112 valence electrons. The number of aryl methyl sites for hydroxylation is 1. The van der Waals surface area contributed by atoms with E-state index in [0.29, 0.717) is 0 Å². The van der Waals surface area contributed by atoms with Crippen molar-refractivity contribution in [1.82, 2.24) is 20.0 Å². The summed E-state index contributed by atoms with van der Waals surface area (Å²) in [6.07, 6.45) is 1.81. The summed E-state index contributed by atoms with van der Waals surface area (Å²) in [4.78, 5) is 2.37. The molecule has 0 radical (unpaired) electrons. The molecule has 1 aromatic heterocycles. The largest absolute Gasteiger partial charge is 0.314 e. The second kappa shape index (κ2) is 6.25. The highest BCUT2D eigenvalue weighted by Gasteiger charge is 2.25. The Morgan fingerprint density at radius 1 is 1.48 bits per heavy atom. The molecule has 1 atom stereocenters. The lowest BCUT2D eigenvalue weighted by molar-refractivity contribution is 0.149. The van der Waals surface area contributed by atoms with Crippen LogP contribution in [-0.4, -0.2) is 34.3 Å². The van der Waals surface area contributed by atoms with Gasteiger partial charge in [-0.3, -0.25) is 9.58 Å². The smallest absolute Gasteiger partial charge is 0.123 e. The fourth-order valence-corrected chi connectivity index (χ4v) is 3.26. The predicted molar refractivity (Wildman–Crippen MR) is 83.3 cm³/mol. The second-order valence-electron chi connectivity index (χ2n) is 5.31. The van der Waals surface area contributed by atoms with E-state index in [2.05, 4.69) is 31.2 Å². The van der Waals surface area contributed by atoms with Gasteiger partial charge in [-0.25, -0.2) is 4.39 Å². The Labute approximate surface area is 132 Å². The van der Waals surface area contributed by atoms with Crippen LogP contribution in [0.1, 0.15) is 17.3 Å². The first-order chi connectivity index (χ1) is 10.1. The zero-order valence-electron chi connectivity index (χ0n) is 11.9. The number of rotatable bonds is 3. The highest BCUT2D eigenvalue weighted by molar-refractivity contribution is 9.10. The maximum Gasteiger partial charge on any atom is 0.123 e. The summed E-state index contributed by atoms with van der Waals surface area (Å²) in [5.74, 6) is -0.181. The Kier molecular flexibility index (Phi) is 4.37. The van der Waals surface area contributed by atoms with E-state index in [4.69, 9.17) is 0 Å². The van der Waals surface area contributed by atoms with Gasteiger partial charge >= 0.3 is 0 Å². The Morgan fingerprint density at radius 3 is 3.05 bits per heavy atom. The topological polar surface area (TPSA) is 33.1 Å². The summed E-state index contributed by atoms with van der Waals surface area (Å²) >= 11 is 3.55. The van der Waals surface area contributed by atoms with Crippen LogP contribution in [0.5, 0.6) is 0 Å². The van der Waals surface area contributed by atoms with Crippen LogP contribution in [-0.2, 0) is 13.6 Å². The molecule has 1 N–H and O–H groups in total. The summed E-state index contributed by atoms with van der Waals surface area (Å²) in [7, 11) is 1.94. The van der Waals surface area contributed by atoms with Crippen molar-refractivity contribution in [1.29, 1.82) is 0 Å².